The Balaban J connectivity index is 2.43. The first-order chi connectivity index (χ1) is 8.69. The Hall–Kier alpha value is -1.46. The zero-order valence-electron chi connectivity index (χ0n) is 11.1. The molecule has 18 heavy (non-hydrogen) atoms. The maximum Gasteiger partial charge on any atom is 0.132 e. The van der Waals surface area contributed by atoms with E-state index in [1.54, 1.807) is 21.3 Å². The summed E-state index contributed by atoms with van der Waals surface area (Å²) in [6, 6.07) is 3.68. The van der Waals surface area contributed by atoms with Gasteiger partial charge in [-0.1, -0.05) is 0 Å². The lowest BCUT2D eigenvalue weighted by molar-refractivity contribution is 0.0502. The third-order valence-corrected chi connectivity index (χ3v) is 3.03. The molecule has 1 aromatic carbocycles. The van der Waals surface area contributed by atoms with Gasteiger partial charge >= 0.3 is 0 Å². The molecule has 0 aromatic heterocycles. The van der Waals surface area contributed by atoms with Gasteiger partial charge in [0, 0.05) is 18.7 Å². The van der Waals surface area contributed by atoms with E-state index in [0.29, 0.717) is 17.2 Å². The van der Waals surface area contributed by atoms with Gasteiger partial charge in [-0.2, -0.15) is 0 Å². The highest BCUT2D eigenvalue weighted by Crippen LogP contribution is 2.40. The van der Waals surface area contributed by atoms with Crippen molar-refractivity contribution in [3.05, 3.63) is 17.7 Å². The van der Waals surface area contributed by atoms with E-state index >= 15 is 0 Å². The first-order valence-corrected chi connectivity index (χ1v) is 5.88. The van der Waals surface area contributed by atoms with E-state index in [-0.39, 0.29) is 12.3 Å². The quantitative estimate of drug-likeness (QED) is 0.885. The van der Waals surface area contributed by atoms with Crippen molar-refractivity contribution >= 4 is 0 Å². The topological polar surface area (TPSA) is 49.0 Å². The van der Waals surface area contributed by atoms with Crippen molar-refractivity contribution < 1.29 is 18.9 Å². The predicted octanol–water partition coefficient (Wildman–Crippen LogP) is 1.72. The van der Waals surface area contributed by atoms with E-state index in [9.17, 15) is 0 Å². The van der Waals surface area contributed by atoms with Crippen LogP contribution in [0.2, 0.25) is 0 Å². The van der Waals surface area contributed by atoms with Gasteiger partial charge in [-0.3, -0.25) is 5.32 Å². The molecule has 1 saturated heterocycles. The van der Waals surface area contributed by atoms with Gasteiger partial charge in [0.15, 0.2) is 0 Å². The van der Waals surface area contributed by atoms with Gasteiger partial charge in [0.25, 0.3) is 0 Å². The number of rotatable bonds is 4. The number of benzene rings is 1. The Morgan fingerprint density at radius 3 is 2.11 bits per heavy atom. The first kappa shape index (κ1) is 13.0. The Kier molecular flexibility index (Phi) is 3.93. The van der Waals surface area contributed by atoms with Crippen LogP contribution in [0.25, 0.3) is 0 Å². The van der Waals surface area contributed by atoms with Gasteiger partial charge in [0.2, 0.25) is 0 Å². The summed E-state index contributed by atoms with van der Waals surface area (Å²) in [6.45, 7) is 2.71. The smallest absolute Gasteiger partial charge is 0.132 e. The number of ether oxygens (including phenoxy) is 4. The lowest BCUT2D eigenvalue weighted by Crippen LogP contribution is -2.17. The molecule has 0 bridgehead atoms. The summed E-state index contributed by atoms with van der Waals surface area (Å²) in [4.78, 5) is 0. The summed E-state index contributed by atoms with van der Waals surface area (Å²) < 4.78 is 21.8. The SMILES string of the molecule is COc1cc(OC)c(C2CNC(C)O2)c(OC)c1. The molecule has 1 N–H and O–H groups in total. The van der Waals surface area contributed by atoms with Crippen molar-refractivity contribution in [2.45, 2.75) is 19.3 Å². The van der Waals surface area contributed by atoms with Gasteiger partial charge in [-0.05, 0) is 6.92 Å². The molecule has 0 amide bonds. The summed E-state index contributed by atoms with van der Waals surface area (Å²) in [5, 5.41) is 3.23. The molecule has 0 spiro atoms. The van der Waals surface area contributed by atoms with Gasteiger partial charge in [0.05, 0.1) is 26.9 Å². The number of methoxy groups -OCH3 is 3. The standard InChI is InChI=1S/C13H19NO4/c1-8-14-7-12(18-8)13-10(16-3)5-9(15-2)6-11(13)17-4/h5-6,8,12,14H,7H2,1-4H3. The van der Waals surface area contributed by atoms with Crippen molar-refractivity contribution in [2.75, 3.05) is 27.9 Å². The van der Waals surface area contributed by atoms with Crippen LogP contribution in [-0.4, -0.2) is 34.1 Å². The third-order valence-electron chi connectivity index (χ3n) is 3.03. The monoisotopic (exact) mass is 253 g/mol. The normalized spacial score (nSPS) is 22.9. The summed E-state index contributed by atoms with van der Waals surface area (Å²) in [7, 11) is 4.87. The summed E-state index contributed by atoms with van der Waals surface area (Å²) >= 11 is 0. The maximum atomic E-state index is 5.79. The molecule has 2 unspecified atom stereocenters. The van der Waals surface area contributed by atoms with Crippen LogP contribution in [0.1, 0.15) is 18.6 Å². The molecule has 5 heteroatoms. The van der Waals surface area contributed by atoms with Crippen LogP contribution in [0.3, 0.4) is 0 Å². The van der Waals surface area contributed by atoms with E-state index in [2.05, 4.69) is 5.32 Å². The third kappa shape index (κ3) is 2.37. The van der Waals surface area contributed by atoms with E-state index < -0.39 is 0 Å². The molecule has 2 rings (SSSR count). The Morgan fingerprint density at radius 2 is 1.72 bits per heavy atom. The number of hydrogen-bond acceptors (Lipinski definition) is 5. The average molecular weight is 253 g/mol. The van der Waals surface area contributed by atoms with Crippen molar-refractivity contribution in [1.29, 1.82) is 0 Å². The largest absolute Gasteiger partial charge is 0.496 e. The van der Waals surface area contributed by atoms with E-state index in [1.807, 2.05) is 19.1 Å². The molecule has 0 aliphatic carbocycles. The lowest BCUT2D eigenvalue weighted by atomic mass is 10.1. The molecule has 1 heterocycles. The highest BCUT2D eigenvalue weighted by atomic mass is 16.5. The minimum absolute atomic E-state index is 0.0338. The van der Waals surface area contributed by atoms with Gasteiger partial charge in [-0.25, -0.2) is 0 Å². The van der Waals surface area contributed by atoms with Gasteiger partial charge < -0.3 is 18.9 Å². The fourth-order valence-corrected chi connectivity index (χ4v) is 2.14. The first-order valence-electron chi connectivity index (χ1n) is 5.88. The second-order valence-electron chi connectivity index (χ2n) is 4.12. The molecule has 1 fully saturated rings. The Labute approximate surface area is 107 Å². The predicted molar refractivity (Wildman–Crippen MR) is 67.4 cm³/mol. The second kappa shape index (κ2) is 5.46. The van der Waals surface area contributed by atoms with Crippen molar-refractivity contribution in [2.24, 2.45) is 0 Å². The maximum absolute atomic E-state index is 5.79. The summed E-state index contributed by atoms with van der Waals surface area (Å²) in [5.41, 5.74) is 0.914. The van der Waals surface area contributed by atoms with Crippen LogP contribution in [0.4, 0.5) is 0 Å². The molecule has 1 aliphatic heterocycles. The minimum atomic E-state index is -0.0733. The Morgan fingerprint density at radius 1 is 1.11 bits per heavy atom. The zero-order chi connectivity index (χ0) is 13.1. The molecular weight excluding hydrogens is 234 g/mol. The highest BCUT2D eigenvalue weighted by Gasteiger charge is 2.29. The van der Waals surface area contributed by atoms with Gasteiger partial charge in [0.1, 0.15) is 29.6 Å². The van der Waals surface area contributed by atoms with E-state index in [1.165, 1.54) is 0 Å². The zero-order valence-corrected chi connectivity index (χ0v) is 11.1. The van der Waals surface area contributed by atoms with Crippen LogP contribution in [0.5, 0.6) is 17.2 Å². The van der Waals surface area contributed by atoms with Crippen LogP contribution < -0.4 is 19.5 Å². The van der Waals surface area contributed by atoms with Crippen LogP contribution in [-0.2, 0) is 4.74 Å². The van der Waals surface area contributed by atoms with Crippen LogP contribution in [0, 0.1) is 0 Å². The highest BCUT2D eigenvalue weighted by molar-refractivity contribution is 5.52. The van der Waals surface area contributed by atoms with Gasteiger partial charge in [-0.15, -0.1) is 0 Å². The van der Waals surface area contributed by atoms with E-state index in [4.69, 9.17) is 18.9 Å². The average Bonchev–Trinajstić information content (AvgIpc) is 2.83. The number of hydrogen-bond donors (Lipinski definition) is 1. The molecular formula is C13H19NO4. The molecule has 1 aromatic rings. The van der Waals surface area contributed by atoms with Crippen molar-refractivity contribution in [1.82, 2.24) is 5.32 Å². The second-order valence-corrected chi connectivity index (χ2v) is 4.12. The van der Waals surface area contributed by atoms with Crippen LogP contribution in [0.15, 0.2) is 12.1 Å². The molecule has 0 saturated carbocycles. The summed E-state index contributed by atoms with van der Waals surface area (Å²) in [6.07, 6.45) is -0.0395. The van der Waals surface area contributed by atoms with Crippen molar-refractivity contribution in [3.8, 4) is 17.2 Å². The van der Waals surface area contributed by atoms with Crippen LogP contribution >= 0.6 is 0 Å². The lowest BCUT2D eigenvalue weighted by Gasteiger charge is -2.19. The minimum Gasteiger partial charge on any atom is -0.496 e. The fourth-order valence-electron chi connectivity index (χ4n) is 2.14. The molecule has 2 atom stereocenters. The van der Waals surface area contributed by atoms with Crippen molar-refractivity contribution in [3.63, 3.8) is 0 Å². The summed E-state index contributed by atoms with van der Waals surface area (Å²) in [5.74, 6) is 2.13. The number of nitrogens with one attached hydrogen (secondary N) is 1. The molecule has 100 valence electrons. The Bertz CT molecular complexity index is 396. The molecule has 5 nitrogen and oxygen atoms in total. The van der Waals surface area contributed by atoms with E-state index in [0.717, 1.165) is 12.1 Å². The molecule has 0 radical (unpaired) electrons. The fraction of sp³-hybridized carbons (Fsp3) is 0.538. The molecule has 1 aliphatic rings.